The zero-order chi connectivity index (χ0) is 19.8. The zero-order valence-electron chi connectivity index (χ0n) is 16.9. The van der Waals surface area contributed by atoms with Gasteiger partial charge in [-0.2, -0.15) is 0 Å². The van der Waals surface area contributed by atoms with Crippen LogP contribution in [0.25, 0.3) is 11.4 Å². The first-order valence-corrected chi connectivity index (χ1v) is 10.4. The lowest BCUT2D eigenvalue weighted by Crippen LogP contribution is -2.33. The highest BCUT2D eigenvalue weighted by Crippen LogP contribution is 2.26. The number of carbonyl (C=O) groups excluding carboxylic acids is 1. The highest BCUT2D eigenvalue weighted by Gasteiger charge is 2.17. The number of amides is 1. The first kappa shape index (κ1) is 21.3. The van der Waals surface area contributed by atoms with Gasteiger partial charge in [0.2, 0.25) is 5.91 Å². The average Bonchev–Trinajstić information content (AvgIpc) is 3.02. The molecule has 0 bridgehead atoms. The Hall–Kier alpha value is -2.02. The van der Waals surface area contributed by atoms with Gasteiger partial charge in [-0.3, -0.25) is 4.79 Å². The van der Waals surface area contributed by atoms with Crippen molar-refractivity contribution in [3.63, 3.8) is 0 Å². The van der Waals surface area contributed by atoms with Gasteiger partial charge in [0.05, 0.1) is 12.9 Å². The van der Waals surface area contributed by atoms with E-state index in [1.54, 1.807) is 7.11 Å². The second-order valence-electron chi connectivity index (χ2n) is 7.09. The Kier molecular flexibility index (Phi) is 8.16. The van der Waals surface area contributed by atoms with Crippen molar-refractivity contribution in [2.24, 2.45) is 5.92 Å². The summed E-state index contributed by atoms with van der Waals surface area (Å²) in [4.78, 5) is 12.2. The van der Waals surface area contributed by atoms with Crippen molar-refractivity contribution in [2.45, 2.75) is 58.3 Å². The molecule has 0 fully saturated rings. The molecule has 2 rings (SSSR count). The Morgan fingerprint density at radius 3 is 2.52 bits per heavy atom. The molecule has 0 unspecified atom stereocenters. The standard InChI is InChI=1S/C20H30N4O2S/c1-6-7-15(4)21-18(25)13-27-20-23-22-19(24(20)12-14(2)3)16-8-10-17(26-5)11-9-16/h8-11,14-15H,6-7,12-13H2,1-5H3,(H,21,25)/t15-/m1/s1. The number of hydrogen-bond acceptors (Lipinski definition) is 5. The van der Waals surface area contributed by atoms with E-state index in [1.807, 2.05) is 31.2 Å². The van der Waals surface area contributed by atoms with Crippen LogP contribution in [0.2, 0.25) is 0 Å². The van der Waals surface area contributed by atoms with Crippen LogP contribution in [0.15, 0.2) is 29.4 Å². The molecule has 148 valence electrons. The number of hydrogen-bond donors (Lipinski definition) is 1. The molecule has 0 aliphatic rings. The number of nitrogens with zero attached hydrogens (tertiary/aromatic N) is 3. The Morgan fingerprint density at radius 1 is 1.22 bits per heavy atom. The molecule has 0 aliphatic carbocycles. The van der Waals surface area contributed by atoms with Crippen molar-refractivity contribution in [1.29, 1.82) is 0 Å². The van der Waals surface area contributed by atoms with E-state index in [2.05, 4.69) is 40.9 Å². The largest absolute Gasteiger partial charge is 0.497 e. The second kappa shape index (κ2) is 10.3. The molecule has 0 aliphatic heterocycles. The molecule has 7 heteroatoms. The van der Waals surface area contributed by atoms with Crippen LogP contribution in [0.5, 0.6) is 5.75 Å². The van der Waals surface area contributed by atoms with Gasteiger partial charge < -0.3 is 14.6 Å². The number of rotatable bonds is 10. The fourth-order valence-corrected chi connectivity index (χ4v) is 3.59. The summed E-state index contributed by atoms with van der Waals surface area (Å²) in [7, 11) is 1.65. The predicted molar refractivity (Wildman–Crippen MR) is 110 cm³/mol. The van der Waals surface area contributed by atoms with Gasteiger partial charge in [0.1, 0.15) is 5.75 Å². The molecule has 1 heterocycles. The third-order valence-corrected chi connectivity index (χ3v) is 5.04. The quantitative estimate of drug-likeness (QED) is 0.621. The van der Waals surface area contributed by atoms with Crippen molar-refractivity contribution >= 4 is 17.7 Å². The van der Waals surface area contributed by atoms with Gasteiger partial charge in [-0.05, 0) is 43.5 Å². The summed E-state index contributed by atoms with van der Waals surface area (Å²) >= 11 is 1.43. The van der Waals surface area contributed by atoms with E-state index in [-0.39, 0.29) is 11.9 Å². The Balaban J connectivity index is 2.14. The topological polar surface area (TPSA) is 69.0 Å². The molecule has 1 amide bonds. The first-order valence-electron chi connectivity index (χ1n) is 9.44. The van der Waals surface area contributed by atoms with Crippen molar-refractivity contribution in [1.82, 2.24) is 20.1 Å². The van der Waals surface area contributed by atoms with Crippen LogP contribution in [-0.2, 0) is 11.3 Å². The van der Waals surface area contributed by atoms with Crippen molar-refractivity contribution in [2.75, 3.05) is 12.9 Å². The number of methoxy groups -OCH3 is 1. The van der Waals surface area contributed by atoms with E-state index >= 15 is 0 Å². The molecule has 1 atom stereocenters. The summed E-state index contributed by atoms with van der Waals surface area (Å²) in [5.41, 5.74) is 0.983. The molecular formula is C20H30N4O2S. The summed E-state index contributed by atoms with van der Waals surface area (Å²) < 4.78 is 7.32. The van der Waals surface area contributed by atoms with E-state index in [4.69, 9.17) is 4.74 Å². The third-order valence-electron chi connectivity index (χ3n) is 4.07. The molecule has 1 aromatic carbocycles. The van der Waals surface area contributed by atoms with Crippen LogP contribution in [-0.4, -0.2) is 39.6 Å². The summed E-state index contributed by atoms with van der Waals surface area (Å²) in [5.74, 6) is 2.43. The molecule has 6 nitrogen and oxygen atoms in total. The van der Waals surface area contributed by atoms with Crippen LogP contribution >= 0.6 is 11.8 Å². The Labute approximate surface area is 166 Å². The number of ether oxygens (including phenoxy) is 1. The van der Waals surface area contributed by atoms with Crippen molar-refractivity contribution in [3.05, 3.63) is 24.3 Å². The second-order valence-corrected chi connectivity index (χ2v) is 8.03. The lowest BCUT2D eigenvalue weighted by molar-refractivity contribution is -0.119. The van der Waals surface area contributed by atoms with Gasteiger partial charge in [-0.1, -0.05) is 39.0 Å². The molecular weight excluding hydrogens is 360 g/mol. The summed E-state index contributed by atoms with van der Waals surface area (Å²) in [6.07, 6.45) is 2.05. The van der Waals surface area contributed by atoms with Crippen LogP contribution in [0.1, 0.15) is 40.5 Å². The predicted octanol–water partition coefficient (Wildman–Crippen LogP) is 4.01. The maximum Gasteiger partial charge on any atom is 0.230 e. The van der Waals surface area contributed by atoms with Gasteiger partial charge in [-0.25, -0.2) is 0 Å². The zero-order valence-corrected chi connectivity index (χ0v) is 17.7. The van der Waals surface area contributed by atoms with Gasteiger partial charge in [0.15, 0.2) is 11.0 Å². The Bertz CT molecular complexity index is 728. The first-order chi connectivity index (χ1) is 12.9. The minimum absolute atomic E-state index is 0.0334. The smallest absolute Gasteiger partial charge is 0.230 e. The number of thioether (sulfide) groups is 1. The average molecular weight is 391 g/mol. The van der Waals surface area contributed by atoms with Crippen LogP contribution in [0.4, 0.5) is 0 Å². The molecule has 1 N–H and O–H groups in total. The lowest BCUT2D eigenvalue weighted by Gasteiger charge is -2.14. The number of nitrogens with one attached hydrogen (secondary N) is 1. The van der Waals surface area contributed by atoms with E-state index in [0.717, 1.165) is 41.7 Å². The maximum atomic E-state index is 12.2. The van der Waals surface area contributed by atoms with E-state index in [1.165, 1.54) is 11.8 Å². The molecule has 0 radical (unpaired) electrons. The fourth-order valence-electron chi connectivity index (χ4n) is 2.83. The molecule has 1 aromatic heterocycles. The van der Waals surface area contributed by atoms with Crippen LogP contribution < -0.4 is 10.1 Å². The minimum Gasteiger partial charge on any atom is -0.497 e. The molecule has 0 spiro atoms. The van der Waals surface area contributed by atoms with Crippen molar-refractivity contribution < 1.29 is 9.53 Å². The SMILES string of the molecule is CCC[C@@H](C)NC(=O)CSc1nnc(-c2ccc(OC)cc2)n1CC(C)C. The highest BCUT2D eigenvalue weighted by molar-refractivity contribution is 7.99. The lowest BCUT2D eigenvalue weighted by atomic mass is 10.2. The number of benzene rings is 1. The van der Waals surface area contributed by atoms with Crippen LogP contribution in [0.3, 0.4) is 0 Å². The normalized spacial score (nSPS) is 12.2. The molecule has 0 saturated heterocycles. The van der Waals surface area contributed by atoms with E-state index < -0.39 is 0 Å². The van der Waals surface area contributed by atoms with Gasteiger partial charge >= 0.3 is 0 Å². The summed E-state index contributed by atoms with van der Waals surface area (Å²) in [6.45, 7) is 9.27. The van der Waals surface area contributed by atoms with Gasteiger partial charge in [0, 0.05) is 18.2 Å². The van der Waals surface area contributed by atoms with E-state index in [0.29, 0.717) is 11.7 Å². The minimum atomic E-state index is 0.0334. The number of aromatic nitrogens is 3. The number of carbonyl (C=O) groups is 1. The van der Waals surface area contributed by atoms with E-state index in [9.17, 15) is 4.79 Å². The van der Waals surface area contributed by atoms with Gasteiger partial charge in [-0.15, -0.1) is 10.2 Å². The molecule has 0 saturated carbocycles. The summed E-state index contributed by atoms with van der Waals surface area (Å²) in [6, 6.07) is 7.99. The van der Waals surface area contributed by atoms with Gasteiger partial charge in [0.25, 0.3) is 0 Å². The molecule has 2 aromatic rings. The monoisotopic (exact) mass is 390 g/mol. The Morgan fingerprint density at radius 2 is 1.93 bits per heavy atom. The molecule has 27 heavy (non-hydrogen) atoms. The van der Waals surface area contributed by atoms with Crippen molar-refractivity contribution in [3.8, 4) is 17.1 Å². The maximum absolute atomic E-state index is 12.2. The van der Waals surface area contributed by atoms with Crippen LogP contribution in [0, 0.1) is 5.92 Å². The summed E-state index contributed by atoms with van der Waals surface area (Å²) in [5, 5.41) is 12.5. The fraction of sp³-hybridized carbons (Fsp3) is 0.550. The third kappa shape index (κ3) is 6.27. The highest BCUT2D eigenvalue weighted by atomic mass is 32.2.